The van der Waals surface area contributed by atoms with Crippen LogP contribution in [0, 0.1) is 11.6 Å². The van der Waals surface area contributed by atoms with Gasteiger partial charge in [0.15, 0.2) is 11.6 Å². The second-order valence-corrected chi connectivity index (χ2v) is 6.24. The number of unbranched alkanes of at least 4 members (excludes halogenated alkanes) is 1. The Morgan fingerprint density at radius 2 is 1.86 bits per heavy atom. The first-order valence-electron chi connectivity index (χ1n) is 8.85. The van der Waals surface area contributed by atoms with Gasteiger partial charge in [0.1, 0.15) is 6.54 Å². The minimum absolute atomic E-state index is 0.123. The van der Waals surface area contributed by atoms with Crippen LogP contribution in [0.2, 0.25) is 0 Å². The molecule has 0 atom stereocenters. The summed E-state index contributed by atoms with van der Waals surface area (Å²) < 4.78 is 33.2. The van der Waals surface area contributed by atoms with Crippen LogP contribution in [0.25, 0.3) is 11.0 Å². The molecule has 0 radical (unpaired) electrons. The summed E-state index contributed by atoms with van der Waals surface area (Å²) in [5.74, 6) is -2.78. The minimum Gasteiger partial charge on any atom is -0.462 e. The summed E-state index contributed by atoms with van der Waals surface area (Å²) in [6.45, 7) is 2.26. The van der Waals surface area contributed by atoms with Crippen LogP contribution >= 0.6 is 0 Å². The van der Waals surface area contributed by atoms with Crippen molar-refractivity contribution < 1.29 is 23.1 Å². The Morgan fingerprint density at radius 3 is 2.57 bits per heavy atom. The van der Waals surface area contributed by atoms with Crippen molar-refractivity contribution in [2.75, 3.05) is 11.9 Å². The Morgan fingerprint density at radius 1 is 1.14 bits per heavy atom. The van der Waals surface area contributed by atoms with E-state index < -0.39 is 17.6 Å². The molecule has 1 N–H and O–H groups in total. The second kappa shape index (κ2) is 8.60. The van der Waals surface area contributed by atoms with Crippen molar-refractivity contribution >= 4 is 28.6 Å². The number of ether oxygens (including phenoxy) is 1. The van der Waals surface area contributed by atoms with Gasteiger partial charge in [-0.15, -0.1) is 0 Å². The number of amides is 1. The Kier molecular flexibility index (Phi) is 5.98. The Hall–Kier alpha value is -3.29. The number of nitrogens with one attached hydrogen (secondary N) is 1. The molecule has 146 valence electrons. The molecule has 0 aliphatic carbocycles. The van der Waals surface area contributed by atoms with Crippen LogP contribution < -0.4 is 5.32 Å². The zero-order valence-electron chi connectivity index (χ0n) is 15.2. The van der Waals surface area contributed by atoms with Crippen molar-refractivity contribution in [3.05, 3.63) is 59.9 Å². The van der Waals surface area contributed by atoms with Crippen LogP contribution in [0.15, 0.2) is 42.7 Å². The molecule has 3 aromatic rings. The molecule has 1 aromatic heterocycles. The molecule has 0 aliphatic rings. The van der Waals surface area contributed by atoms with Gasteiger partial charge in [0.2, 0.25) is 5.91 Å². The van der Waals surface area contributed by atoms with E-state index in [0.29, 0.717) is 23.4 Å². The van der Waals surface area contributed by atoms with E-state index in [2.05, 4.69) is 10.3 Å². The van der Waals surface area contributed by atoms with Gasteiger partial charge in [-0.25, -0.2) is 18.6 Å². The summed E-state index contributed by atoms with van der Waals surface area (Å²) in [6.07, 6.45) is 3.09. The van der Waals surface area contributed by atoms with E-state index in [-0.39, 0.29) is 18.0 Å². The molecule has 0 saturated heterocycles. The normalized spacial score (nSPS) is 10.8. The third-order valence-corrected chi connectivity index (χ3v) is 4.11. The second-order valence-electron chi connectivity index (χ2n) is 6.24. The molecule has 0 spiro atoms. The van der Waals surface area contributed by atoms with E-state index in [1.165, 1.54) is 10.9 Å². The molecule has 1 amide bonds. The lowest BCUT2D eigenvalue weighted by atomic mass is 10.2. The molecular formula is C20H19F2N3O3. The quantitative estimate of drug-likeness (QED) is 0.493. The number of esters is 1. The van der Waals surface area contributed by atoms with Crippen LogP contribution in [0.1, 0.15) is 30.1 Å². The van der Waals surface area contributed by atoms with Gasteiger partial charge in [-0.2, -0.15) is 0 Å². The summed E-state index contributed by atoms with van der Waals surface area (Å²) in [5, 5.41) is 2.68. The Balaban J connectivity index is 1.62. The smallest absolute Gasteiger partial charge is 0.338 e. The molecule has 0 bridgehead atoms. The van der Waals surface area contributed by atoms with Gasteiger partial charge < -0.3 is 14.6 Å². The van der Waals surface area contributed by atoms with E-state index >= 15 is 0 Å². The number of rotatable bonds is 7. The van der Waals surface area contributed by atoms with Crippen molar-refractivity contribution in [3.63, 3.8) is 0 Å². The molecule has 6 nitrogen and oxygen atoms in total. The number of nitrogens with zero attached hydrogens (tertiary/aromatic N) is 2. The number of anilines is 1. The maximum Gasteiger partial charge on any atom is 0.338 e. The van der Waals surface area contributed by atoms with Crippen molar-refractivity contribution in [2.24, 2.45) is 0 Å². The zero-order valence-corrected chi connectivity index (χ0v) is 15.2. The SMILES string of the molecule is CCCCOC(=O)c1ccc(NC(=O)Cn2cnc3cc(F)c(F)cc32)cc1. The van der Waals surface area contributed by atoms with Crippen molar-refractivity contribution in [1.29, 1.82) is 0 Å². The third-order valence-electron chi connectivity index (χ3n) is 4.11. The maximum atomic E-state index is 13.4. The van der Waals surface area contributed by atoms with E-state index in [4.69, 9.17) is 4.74 Å². The highest BCUT2D eigenvalue weighted by Gasteiger charge is 2.12. The van der Waals surface area contributed by atoms with E-state index in [1.807, 2.05) is 6.92 Å². The van der Waals surface area contributed by atoms with Crippen LogP contribution in [0.3, 0.4) is 0 Å². The summed E-state index contributed by atoms with van der Waals surface area (Å²) >= 11 is 0. The van der Waals surface area contributed by atoms with E-state index in [9.17, 15) is 18.4 Å². The first-order valence-corrected chi connectivity index (χ1v) is 8.85. The zero-order chi connectivity index (χ0) is 20.1. The highest BCUT2D eigenvalue weighted by atomic mass is 19.2. The number of imidazole rings is 1. The molecule has 1 heterocycles. The highest BCUT2D eigenvalue weighted by molar-refractivity contribution is 5.93. The Labute approximate surface area is 160 Å². The van der Waals surface area contributed by atoms with Gasteiger partial charge in [0.25, 0.3) is 0 Å². The number of aromatic nitrogens is 2. The van der Waals surface area contributed by atoms with Gasteiger partial charge in [-0.3, -0.25) is 4.79 Å². The number of fused-ring (bicyclic) bond motifs is 1. The lowest BCUT2D eigenvalue weighted by molar-refractivity contribution is -0.116. The summed E-state index contributed by atoms with van der Waals surface area (Å²) in [7, 11) is 0. The topological polar surface area (TPSA) is 73.2 Å². The largest absolute Gasteiger partial charge is 0.462 e. The number of hydrogen-bond acceptors (Lipinski definition) is 4. The number of carbonyl (C=O) groups excluding carboxylic acids is 2. The predicted octanol–water partition coefficient (Wildman–Crippen LogP) is 3.91. The van der Waals surface area contributed by atoms with Crippen molar-refractivity contribution in [3.8, 4) is 0 Å². The fourth-order valence-corrected chi connectivity index (χ4v) is 2.62. The van der Waals surface area contributed by atoms with Gasteiger partial charge >= 0.3 is 5.97 Å². The molecular weight excluding hydrogens is 368 g/mol. The van der Waals surface area contributed by atoms with Crippen molar-refractivity contribution in [1.82, 2.24) is 9.55 Å². The first-order chi connectivity index (χ1) is 13.5. The van der Waals surface area contributed by atoms with Gasteiger partial charge in [-0.1, -0.05) is 13.3 Å². The summed E-state index contributed by atoms with van der Waals surface area (Å²) in [4.78, 5) is 28.1. The average molecular weight is 387 g/mol. The summed E-state index contributed by atoms with van der Waals surface area (Å²) in [6, 6.07) is 8.30. The predicted molar refractivity (Wildman–Crippen MR) is 99.9 cm³/mol. The maximum absolute atomic E-state index is 13.4. The fraction of sp³-hybridized carbons (Fsp3) is 0.250. The number of carbonyl (C=O) groups is 2. The van der Waals surface area contributed by atoms with Gasteiger partial charge in [0.05, 0.1) is 29.5 Å². The molecule has 0 fully saturated rings. The van der Waals surface area contributed by atoms with Crippen LogP contribution in [-0.4, -0.2) is 28.0 Å². The van der Waals surface area contributed by atoms with Crippen LogP contribution in [-0.2, 0) is 16.1 Å². The van der Waals surface area contributed by atoms with Gasteiger partial charge in [-0.05, 0) is 30.7 Å². The standard InChI is InChI=1S/C20H19F2N3O3/c1-2-3-8-28-20(27)13-4-6-14(7-5-13)24-19(26)11-25-12-23-17-9-15(21)16(22)10-18(17)25/h4-7,9-10,12H,2-3,8,11H2,1H3,(H,24,26). The lowest BCUT2D eigenvalue weighted by Gasteiger charge is -2.08. The number of hydrogen-bond donors (Lipinski definition) is 1. The monoisotopic (exact) mass is 387 g/mol. The number of halogens is 2. The van der Waals surface area contributed by atoms with Crippen LogP contribution in [0.5, 0.6) is 0 Å². The molecule has 0 saturated carbocycles. The van der Waals surface area contributed by atoms with Crippen LogP contribution in [0.4, 0.5) is 14.5 Å². The molecule has 28 heavy (non-hydrogen) atoms. The third kappa shape index (κ3) is 4.51. The highest BCUT2D eigenvalue weighted by Crippen LogP contribution is 2.18. The van der Waals surface area contributed by atoms with E-state index in [0.717, 1.165) is 25.0 Å². The van der Waals surface area contributed by atoms with Gasteiger partial charge in [0, 0.05) is 17.8 Å². The van der Waals surface area contributed by atoms with Crippen molar-refractivity contribution in [2.45, 2.75) is 26.3 Å². The molecule has 8 heteroatoms. The average Bonchev–Trinajstić information content (AvgIpc) is 3.04. The molecule has 3 rings (SSSR count). The fourth-order valence-electron chi connectivity index (χ4n) is 2.62. The first kappa shape index (κ1) is 19.5. The molecule has 0 unspecified atom stereocenters. The lowest BCUT2D eigenvalue weighted by Crippen LogP contribution is -2.18. The van der Waals surface area contributed by atoms with E-state index in [1.54, 1.807) is 24.3 Å². The molecule has 2 aromatic carbocycles. The summed E-state index contributed by atoms with van der Waals surface area (Å²) in [5.41, 5.74) is 1.47. The number of benzene rings is 2. The Bertz CT molecular complexity index is 1000. The molecule has 0 aliphatic heterocycles. The minimum atomic E-state index is -1.00.